The second kappa shape index (κ2) is 9.92. The number of hydrogen-bond acceptors (Lipinski definition) is 4. The van der Waals surface area contributed by atoms with Crippen LogP contribution in [0, 0.1) is 11.8 Å². The Kier molecular flexibility index (Phi) is 7.87. The molecule has 1 N–H and O–H groups in total. The van der Waals surface area contributed by atoms with Crippen molar-refractivity contribution in [3.8, 4) is 0 Å². The third kappa shape index (κ3) is 5.47. The third-order valence-electron chi connectivity index (χ3n) is 5.69. The lowest BCUT2D eigenvalue weighted by Gasteiger charge is -2.33. The highest BCUT2D eigenvalue weighted by Crippen LogP contribution is 2.30. The minimum Gasteiger partial charge on any atom is -0.377 e. The van der Waals surface area contributed by atoms with Crippen LogP contribution in [-0.2, 0) is 20.9 Å². The number of rotatable bonds is 9. The lowest BCUT2D eigenvalue weighted by molar-refractivity contribution is -0.138. The largest absolute Gasteiger partial charge is 0.377 e. The maximum atomic E-state index is 12.7. The molecule has 0 bridgehead atoms. The number of amides is 2. The monoisotopic (exact) mass is 389 g/mol. The second-order valence-corrected chi connectivity index (χ2v) is 8.29. The van der Waals surface area contributed by atoms with Gasteiger partial charge in [0.05, 0.1) is 0 Å². The van der Waals surface area contributed by atoms with Crippen molar-refractivity contribution in [2.75, 3.05) is 38.0 Å². The summed E-state index contributed by atoms with van der Waals surface area (Å²) < 4.78 is 5.09. The predicted octanol–water partition coefficient (Wildman–Crippen LogP) is 3.51. The molecule has 0 aliphatic heterocycles. The van der Waals surface area contributed by atoms with E-state index in [1.165, 1.54) is 7.11 Å². The van der Waals surface area contributed by atoms with E-state index < -0.39 is 0 Å². The Balaban J connectivity index is 2.28. The SMILES string of the molecule is COCC(=O)N(Cc1cc(NC(=O)C2CCC2)ccc1N(C)C)[C@H](C)C(C)C. The summed E-state index contributed by atoms with van der Waals surface area (Å²) in [6.07, 6.45) is 3.08. The Bertz CT molecular complexity index is 684. The molecule has 1 atom stereocenters. The number of methoxy groups -OCH3 is 1. The summed E-state index contributed by atoms with van der Waals surface area (Å²) >= 11 is 0. The van der Waals surface area contributed by atoms with Crippen molar-refractivity contribution >= 4 is 23.2 Å². The van der Waals surface area contributed by atoms with Gasteiger partial charge < -0.3 is 19.9 Å². The number of nitrogens with one attached hydrogen (secondary N) is 1. The van der Waals surface area contributed by atoms with Crippen LogP contribution in [0.1, 0.15) is 45.6 Å². The van der Waals surface area contributed by atoms with Crippen molar-refractivity contribution in [1.82, 2.24) is 4.90 Å². The number of carbonyl (C=O) groups is 2. The molecule has 2 amide bonds. The van der Waals surface area contributed by atoms with Crippen molar-refractivity contribution in [2.24, 2.45) is 11.8 Å². The van der Waals surface area contributed by atoms with Crippen LogP contribution in [0.5, 0.6) is 0 Å². The van der Waals surface area contributed by atoms with Gasteiger partial charge in [-0.25, -0.2) is 0 Å². The van der Waals surface area contributed by atoms with Crippen molar-refractivity contribution in [3.63, 3.8) is 0 Å². The Morgan fingerprint density at radius 3 is 2.39 bits per heavy atom. The quantitative estimate of drug-likeness (QED) is 0.702. The van der Waals surface area contributed by atoms with Crippen LogP contribution in [0.3, 0.4) is 0 Å². The van der Waals surface area contributed by atoms with Gasteiger partial charge in [0.25, 0.3) is 0 Å². The van der Waals surface area contributed by atoms with E-state index in [1.54, 1.807) is 0 Å². The van der Waals surface area contributed by atoms with E-state index in [9.17, 15) is 9.59 Å². The molecule has 6 heteroatoms. The highest BCUT2D eigenvalue weighted by molar-refractivity contribution is 5.93. The van der Waals surface area contributed by atoms with E-state index in [0.29, 0.717) is 12.5 Å². The van der Waals surface area contributed by atoms with Gasteiger partial charge in [-0.3, -0.25) is 9.59 Å². The predicted molar refractivity (Wildman–Crippen MR) is 113 cm³/mol. The fourth-order valence-electron chi connectivity index (χ4n) is 3.35. The van der Waals surface area contributed by atoms with Gasteiger partial charge in [0.15, 0.2) is 0 Å². The fourth-order valence-corrected chi connectivity index (χ4v) is 3.35. The van der Waals surface area contributed by atoms with Gasteiger partial charge >= 0.3 is 0 Å². The molecule has 1 fully saturated rings. The second-order valence-electron chi connectivity index (χ2n) is 8.29. The smallest absolute Gasteiger partial charge is 0.249 e. The molecular formula is C22H35N3O3. The summed E-state index contributed by atoms with van der Waals surface area (Å²) in [7, 11) is 5.51. The standard InChI is InChI=1S/C22H35N3O3/c1-15(2)16(3)25(21(26)14-28-6)13-18-12-19(10-11-20(18)24(4)5)23-22(27)17-8-7-9-17/h10-12,15-17H,7-9,13-14H2,1-6H3,(H,23,27)/t16-/m1/s1. The number of anilines is 2. The average molecular weight is 390 g/mol. The van der Waals surface area contributed by atoms with Crippen molar-refractivity contribution < 1.29 is 14.3 Å². The molecule has 1 aromatic rings. The lowest BCUT2D eigenvalue weighted by Crippen LogP contribution is -2.43. The van der Waals surface area contributed by atoms with E-state index in [0.717, 1.165) is 36.2 Å². The minimum atomic E-state index is -0.0303. The highest BCUT2D eigenvalue weighted by atomic mass is 16.5. The molecular weight excluding hydrogens is 354 g/mol. The summed E-state index contributed by atoms with van der Waals surface area (Å²) in [4.78, 5) is 28.9. The highest BCUT2D eigenvalue weighted by Gasteiger charge is 2.26. The van der Waals surface area contributed by atoms with Gasteiger partial charge in [0.1, 0.15) is 6.61 Å². The first-order valence-electron chi connectivity index (χ1n) is 10.1. The molecule has 0 unspecified atom stereocenters. The van der Waals surface area contributed by atoms with Gasteiger partial charge in [-0.05, 0) is 49.4 Å². The van der Waals surface area contributed by atoms with Gasteiger partial charge in [-0.2, -0.15) is 0 Å². The number of carbonyl (C=O) groups excluding carboxylic acids is 2. The van der Waals surface area contributed by atoms with E-state index in [4.69, 9.17) is 4.74 Å². The van der Waals surface area contributed by atoms with Crippen LogP contribution >= 0.6 is 0 Å². The molecule has 28 heavy (non-hydrogen) atoms. The third-order valence-corrected chi connectivity index (χ3v) is 5.69. The number of ether oxygens (including phenoxy) is 1. The molecule has 0 saturated heterocycles. The topological polar surface area (TPSA) is 61.9 Å². The van der Waals surface area contributed by atoms with E-state index in [-0.39, 0.29) is 30.4 Å². The van der Waals surface area contributed by atoms with E-state index in [1.807, 2.05) is 42.1 Å². The van der Waals surface area contributed by atoms with Gasteiger partial charge in [-0.15, -0.1) is 0 Å². The van der Waals surface area contributed by atoms with E-state index >= 15 is 0 Å². The summed E-state index contributed by atoms with van der Waals surface area (Å²) in [5, 5.41) is 3.04. The average Bonchev–Trinajstić information content (AvgIpc) is 2.57. The zero-order valence-electron chi connectivity index (χ0n) is 18.1. The molecule has 1 aromatic carbocycles. The molecule has 0 radical (unpaired) electrons. The van der Waals surface area contributed by atoms with Crippen LogP contribution in [-0.4, -0.2) is 50.6 Å². The number of hydrogen-bond donors (Lipinski definition) is 1. The maximum Gasteiger partial charge on any atom is 0.249 e. The summed E-state index contributed by atoms with van der Waals surface area (Å²) in [6, 6.07) is 6.00. The molecule has 156 valence electrons. The first-order valence-corrected chi connectivity index (χ1v) is 10.1. The maximum absolute atomic E-state index is 12.7. The molecule has 0 spiro atoms. The molecule has 1 saturated carbocycles. The van der Waals surface area contributed by atoms with Crippen LogP contribution in [0.25, 0.3) is 0 Å². The molecule has 1 aliphatic rings. The van der Waals surface area contributed by atoms with Crippen molar-refractivity contribution in [3.05, 3.63) is 23.8 Å². The van der Waals surface area contributed by atoms with Crippen LogP contribution in [0.4, 0.5) is 11.4 Å². The Morgan fingerprint density at radius 2 is 1.89 bits per heavy atom. The summed E-state index contributed by atoms with van der Waals surface area (Å²) in [5.74, 6) is 0.526. The minimum absolute atomic E-state index is 0.0303. The first-order chi connectivity index (χ1) is 13.2. The first kappa shape index (κ1) is 22.2. The van der Waals surface area contributed by atoms with Crippen LogP contribution in [0.15, 0.2) is 18.2 Å². The summed E-state index contributed by atoms with van der Waals surface area (Å²) in [6.45, 7) is 6.82. The van der Waals surface area contributed by atoms with Crippen LogP contribution < -0.4 is 10.2 Å². The zero-order valence-corrected chi connectivity index (χ0v) is 18.1. The van der Waals surface area contributed by atoms with Crippen LogP contribution in [0.2, 0.25) is 0 Å². The van der Waals surface area contributed by atoms with Gasteiger partial charge in [0, 0.05) is 51.1 Å². The van der Waals surface area contributed by atoms with Crippen molar-refractivity contribution in [1.29, 1.82) is 0 Å². The number of nitrogens with zero attached hydrogens (tertiary/aromatic N) is 2. The Morgan fingerprint density at radius 1 is 1.21 bits per heavy atom. The van der Waals surface area contributed by atoms with Gasteiger partial charge in [-0.1, -0.05) is 20.3 Å². The normalized spacial score (nSPS) is 15.1. The molecule has 0 aromatic heterocycles. The van der Waals surface area contributed by atoms with E-state index in [2.05, 4.69) is 26.1 Å². The molecule has 0 heterocycles. The lowest BCUT2D eigenvalue weighted by atomic mass is 9.85. The Hall–Kier alpha value is -2.08. The van der Waals surface area contributed by atoms with Gasteiger partial charge in [0.2, 0.25) is 11.8 Å². The summed E-state index contributed by atoms with van der Waals surface area (Å²) in [5.41, 5.74) is 2.83. The zero-order chi connectivity index (χ0) is 20.8. The molecule has 2 rings (SSSR count). The fraction of sp³-hybridized carbons (Fsp3) is 0.636. The Labute approximate surface area is 169 Å². The number of benzene rings is 1. The molecule has 6 nitrogen and oxygen atoms in total. The molecule has 1 aliphatic carbocycles. The van der Waals surface area contributed by atoms with Crippen molar-refractivity contribution in [2.45, 2.75) is 52.6 Å².